The number of benzene rings is 1. The van der Waals surface area contributed by atoms with E-state index in [4.69, 9.17) is 15.1 Å². The molecular formula is C35H48FN7O6. The smallest absolute Gasteiger partial charge is 0.238 e. The predicted octanol–water partition coefficient (Wildman–Crippen LogP) is 3.35. The summed E-state index contributed by atoms with van der Waals surface area (Å²) in [5.41, 5.74) is 6.77. The molecule has 14 heteroatoms. The number of ether oxygens (including phenoxy) is 1. The third-order valence-corrected chi connectivity index (χ3v) is 11.0. The van der Waals surface area contributed by atoms with E-state index in [0.29, 0.717) is 30.9 Å². The number of anilines is 2. The monoisotopic (exact) mass is 681 g/mol. The first-order valence-electron chi connectivity index (χ1n) is 17.5. The molecule has 4 aliphatic rings. The van der Waals surface area contributed by atoms with E-state index in [-0.39, 0.29) is 53.7 Å². The van der Waals surface area contributed by atoms with Crippen molar-refractivity contribution < 1.29 is 32.9 Å². The third kappa shape index (κ3) is 7.80. The highest BCUT2D eigenvalue weighted by Crippen LogP contribution is 2.53. The van der Waals surface area contributed by atoms with Crippen molar-refractivity contribution in [3.63, 3.8) is 0 Å². The highest BCUT2D eigenvalue weighted by molar-refractivity contribution is 6.11. The van der Waals surface area contributed by atoms with Crippen molar-refractivity contribution in [3.05, 3.63) is 35.3 Å². The van der Waals surface area contributed by atoms with Crippen molar-refractivity contribution >= 4 is 35.1 Å². The summed E-state index contributed by atoms with van der Waals surface area (Å²) in [6.07, 6.45) is 5.64. The molecule has 2 aromatic rings. The lowest BCUT2D eigenvalue weighted by Gasteiger charge is -2.41. The molecule has 1 aromatic carbocycles. The molecule has 4 amide bonds. The van der Waals surface area contributed by atoms with Gasteiger partial charge in [-0.1, -0.05) is 18.1 Å². The van der Waals surface area contributed by atoms with Gasteiger partial charge in [0.15, 0.2) is 0 Å². The third-order valence-electron chi connectivity index (χ3n) is 11.0. The number of primary amides is 1. The Labute approximate surface area is 285 Å². The van der Waals surface area contributed by atoms with Crippen LogP contribution in [0.5, 0.6) is 0 Å². The van der Waals surface area contributed by atoms with E-state index >= 15 is 4.39 Å². The molecule has 1 unspecified atom stereocenters. The number of likely N-dealkylation sites (N-methyl/N-ethyl adjacent to an activating group) is 1. The standard InChI is InChI=1S/C35H48FN7O6/c1-18-16-43(14-13-42(18)3)35(47)27(24(17-48-4)31(37)44)19(2)23-11-12-26(25(36)15-23)38-33(45)29(28(20-5-6-20)21-7-8-21)34(46)39-32-30(22-9-10-22)40-49-41-32/h11-12,15,18-22,24,27-29H,5-10,13-14,16-17H2,1-4H3,(H2,37,44)(H,38,45)(H,39,41,46)/t18-,19-,24?,27-,29+/m1/s1. The number of piperazine rings is 1. The summed E-state index contributed by atoms with van der Waals surface area (Å²) in [4.78, 5) is 58.3. The van der Waals surface area contributed by atoms with E-state index < -0.39 is 47.2 Å². The average molecular weight is 682 g/mol. The van der Waals surface area contributed by atoms with E-state index in [1.165, 1.54) is 19.2 Å². The van der Waals surface area contributed by atoms with Gasteiger partial charge in [0.2, 0.25) is 29.4 Å². The van der Waals surface area contributed by atoms with Gasteiger partial charge in [-0.3, -0.25) is 19.2 Å². The van der Waals surface area contributed by atoms with Crippen LogP contribution in [-0.4, -0.2) is 90.2 Å². The number of nitrogens with one attached hydrogen (secondary N) is 2. The lowest BCUT2D eigenvalue weighted by Crippen LogP contribution is -2.55. The fraction of sp³-hybridized carbons (Fsp3) is 0.657. The molecular weight excluding hydrogens is 633 g/mol. The van der Waals surface area contributed by atoms with Crippen LogP contribution in [0.3, 0.4) is 0 Å². The van der Waals surface area contributed by atoms with Crippen molar-refractivity contribution in [2.24, 2.45) is 41.2 Å². The van der Waals surface area contributed by atoms with Crippen LogP contribution in [0.15, 0.2) is 22.8 Å². The second-order valence-corrected chi connectivity index (χ2v) is 14.6. The number of halogens is 1. The summed E-state index contributed by atoms with van der Waals surface area (Å²) in [6, 6.07) is 4.48. The van der Waals surface area contributed by atoms with Gasteiger partial charge in [0, 0.05) is 38.7 Å². The van der Waals surface area contributed by atoms with Crippen LogP contribution in [0.25, 0.3) is 0 Å². The van der Waals surface area contributed by atoms with Crippen LogP contribution in [0.2, 0.25) is 0 Å². The number of carbonyl (C=O) groups is 4. The Hall–Kier alpha value is -3.91. The topological polar surface area (TPSA) is 173 Å². The van der Waals surface area contributed by atoms with Gasteiger partial charge in [-0.05, 0) is 99.0 Å². The first-order chi connectivity index (χ1) is 23.5. The molecule has 6 rings (SSSR count). The quantitative estimate of drug-likeness (QED) is 0.238. The Bertz CT molecular complexity index is 1540. The van der Waals surface area contributed by atoms with Crippen molar-refractivity contribution in [1.29, 1.82) is 0 Å². The second kappa shape index (κ2) is 14.5. The minimum atomic E-state index is -1.06. The Morgan fingerprint density at radius 3 is 2.29 bits per heavy atom. The van der Waals surface area contributed by atoms with Crippen LogP contribution in [-0.2, 0) is 23.9 Å². The molecule has 1 aromatic heterocycles. The lowest BCUT2D eigenvalue weighted by atomic mass is 9.77. The van der Waals surface area contributed by atoms with E-state index in [1.54, 1.807) is 17.9 Å². The Morgan fingerprint density at radius 1 is 1.04 bits per heavy atom. The SMILES string of the molecule is COCC(C(N)=O)[C@H](C(=O)N1CCN(C)[C@H](C)C1)[C@H](C)c1ccc(NC(=O)[C@@H](C(=O)Nc2nonc2C2CC2)C(C2CC2)C2CC2)c(F)c1. The van der Waals surface area contributed by atoms with Gasteiger partial charge in [-0.25, -0.2) is 9.02 Å². The minimum absolute atomic E-state index is 0.0604. The first-order valence-corrected chi connectivity index (χ1v) is 17.5. The molecule has 5 atom stereocenters. The fourth-order valence-corrected chi connectivity index (χ4v) is 7.53. The molecule has 13 nitrogen and oxygen atoms in total. The Balaban J connectivity index is 1.22. The largest absolute Gasteiger partial charge is 0.384 e. The summed E-state index contributed by atoms with van der Waals surface area (Å²) >= 11 is 0. The lowest BCUT2D eigenvalue weighted by molar-refractivity contribution is -0.145. The van der Waals surface area contributed by atoms with Crippen LogP contribution in [0, 0.1) is 41.3 Å². The van der Waals surface area contributed by atoms with Crippen LogP contribution >= 0.6 is 0 Å². The van der Waals surface area contributed by atoms with E-state index in [2.05, 4.69) is 25.8 Å². The zero-order valence-electron chi connectivity index (χ0n) is 28.7. The average Bonchev–Trinajstić information content (AvgIpc) is 3.93. The highest BCUT2D eigenvalue weighted by atomic mass is 19.1. The molecule has 4 N–H and O–H groups in total. The van der Waals surface area contributed by atoms with Crippen LogP contribution < -0.4 is 16.4 Å². The summed E-state index contributed by atoms with van der Waals surface area (Å²) < 4.78 is 26.1. The van der Waals surface area contributed by atoms with Gasteiger partial charge in [-0.2, -0.15) is 0 Å². The van der Waals surface area contributed by atoms with Gasteiger partial charge in [0.25, 0.3) is 0 Å². The Kier molecular flexibility index (Phi) is 10.4. The molecule has 0 spiro atoms. The summed E-state index contributed by atoms with van der Waals surface area (Å²) in [5.74, 6) is -5.46. The molecule has 0 bridgehead atoms. The van der Waals surface area contributed by atoms with Crippen molar-refractivity contribution in [2.45, 2.75) is 70.3 Å². The maximum atomic E-state index is 15.9. The highest BCUT2D eigenvalue weighted by Gasteiger charge is 2.51. The van der Waals surface area contributed by atoms with Gasteiger partial charge in [-0.15, -0.1) is 0 Å². The molecule has 3 aliphatic carbocycles. The number of carbonyl (C=O) groups excluding carboxylic acids is 4. The van der Waals surface area contributed by atoms with Crippen LogP contribution in [0.1, 0.15) is 75.5 Å². The van der Waals surface area contributed by atoms with Gasteiger partial charge in [0.05, 0.1) is 24.1 Å². The first kappa shape index (κ1) is 34.9. The van der Waals surface area contributed by atoms with Crippen molar-refractivity contribution in [3.8, 4) is 0 Å². The number of aromatic nitrogens is 2. The summed E-state index contributed by atoms with van der Waals surface area (Å²) in [7, 11) is 3.44. The number of hydrogen-bond donors (Lipinski definition) is 3. The van der Waals surface area contributed by atoms with E-state index in [0.717, 1.165) is 38.5 Å². The van der Waals surface area contributed by atoms with Gasteiger partial charge < -0.3 is 30.9 Å². The number of amides is 4. The number of rotatable bonds is 15. The number of hydrogen-bond acceptors (Lipinski definition) is 9. The van der Waals surface area contributed by atoms with Crippen molar-refractivity contribution in [1.82, 2.24) is 20.1 Å². The summed E-state index contributed by atoms with van der Waals surface area (Å²) in [5, 5.41) is 13.3. The zero-order chi connectivity index (χ0) is 35.0. The molecule has 3 saturated carbocycles. The van der Waals surface area contributed by atoms with Crippen molar-refractivity contribution in [2.75, 3.05) is 51.0 Å². The van der Waals surface area contributed by atoms with E-state index in [9.17, 15) is 19.2 Å². The minimum Gasteiger partial charge on any atom is -0.384 e. The fourth-order valence-electron chi connectivity index (χ4n) is 7.53. The predicted molar refractivity (Wildman–Crippen MR) is 177 cm³/mol. The molecule has 266 valence electrons. The molecule has 49 heavy (non-hydrogen) atoms. The molecule has 1 aliphatic heterocycles. The van der Waals surface area contributed by atoms with Crippen LogP contribution in [0.4, 0.5) is 15.9 Å². The normalized spacial score (nSPS) is 22.3. The molecule has 4 fully saturated rings. The number of nitrogens with zero attached hydrogens (tertiary/aromatic N) is 4. The summed E-state index contributed by atoms with van der Waals surface area (Å²) in [6.45, 7) is 5.40. The zero-order valence-corrected chi connectivity index (χ0v) is 28.7. The maximum Gasteiger partial charge on any atom is 0.238 e. The Morgan fingerprint density at radius 2 is 1.71 bits per heavy atom. The second-order valence-electron chi connectivity index (χ2n) is 14.6. The van der Waals surface area contributed by atoms with Gasteiger partial charge in [0.1, 0.15) is 17.4 Å². The molecule has 0 radical (unpaired) electrons. The number of nitrogens with two attached hydrogens (primary N) is 1. The number of methoxy groups -OCH3 is 1. The molecule has 2 heterocycles. The maximum absolute atomic E-state index is 15.9. The molecule has 1 saturated heterocycles. The van der Waals surface area contributed by atoms with E-state index in [1.807, 2.05) is 14.0 Å². The van der Waals surface area contributed by atoms with Gasteiger partial charge >= 0.3 is 0 Å².